The van der Waals surface area contributed by atoms with Gasteiger partial charge in [-0.05, 0) is 31.4 Å². The Morgan fingerprint density at radius 3 is 2.96 bits per heavy atom. The summed E-state index contributed by atoms with van der Waals surface area (Å²) in [6, 6.07) is 5.61. The lowest BCUT2D eigenvalue weighted by atomic mass is 10.1. The molecule has 1 N–H and O–H groups in total. The lowest BCUT2D eigenvalue weighted by Gasteiger charge is -2.27. The Morgan fingerprint density at radius 2 is 2.17 bits per heavy atom. The molecule has 0 saturated carbocycles. The molecule has 1 fully saturated rings. The van der Waals surface area contributed by atoms with Crippen LogP contribution in [0.25, 0.3) is 0 Å². The van der Waals surface area contributed by atoms with Crippen LogP contribution < -0.4 is 10.2 Å². The van der Waals surface area contributed by atoms with E-state index in [-0.39, 0.29) is 5.91 Å². The van der Waals surface area contributed by atoms with Crippen LogP contribution in [0.15, 0.2) is 40.2 Å². The zero-order valence-corrected chi connectivity index (χ0v) is 13.7. The van der Waals surface area contributed by atoms with E-state index in [1.54, 1.807) is 18.7 Å². The van der Waals surface area contributed by atoms with Crippen LogP contribution in [0.5, 0.6) is 0 Å². The molecular weight excluding hydrogens is 312 g/mol. The van der Waals surface area contributed by atoms with E-state index in [9.17, 15) is 4.79 Å². The van der Waals surface area contributed by atoms with Gasteiger partial charge in [-0.3, -0.25) is 4.79 Å². The van der Waals surface area contributed by atoms with Crippen LogP contribution >= 0.6 is 11.8 Å². The molecule has 0 bridgehead atoms. The van der Waals surface area contributed by atoms with Crippen molar-refractivity contribution in [3.8, 4) is 0 Å². The molecule has 1 aliphatic heterocycles. The minimum atomic E-state index is -0.0375. The highest BCUT2D eigenvalue weighted by molar-refractivity contribution is 7.99. The highest BCUT2D eigenvalue weighted by Gasteiger charge is 2.13. The van der Waals surface area contributed by atoms with E-state index in [0.717, 1.165) is 29.7 Å². The summed E-state index contributed by atoms with van der Waals surface area (Å²) in [6.07, 6.45) is 6.88. The number of hydrogen-bond donors (Lipinski definition) is 1. The number of hydrogen-bond acceptors (Lipinski definition) is 6. The van der Waals surface area contributed by atoms with Crippen LogP contribution in [0.3, 0.4) is 0 Å². The number of anilines is 1. The lowest BCUT2D eigenvalue weighted by molar-refractivity contribution is -0.118. The van der Waals surface area contributed by atoms with Crippen molar-refractivity contribution in [1.29, 1.82) is 0 Å². The molecule has 1 aliphatic rings. The number of furan rings is 1. The predicted octanol–water partition coefficient (Wildman–Crippen LogP) is 2.47. The summed E-state index contributed by atoms with van der Waals surface area (Å²) in [5.41, 5.74) is 0. The molecule has 0 aromatic carbocycles. The number of amides is 1. The Kier molecular flexibility index (Phi) is 5.52. The van der Waals surface area contributed by atoms with E-state index in [0.29, 0.717) is 12.3 Å². The summed E-state index contributed by atoms with van der Waals surface area (Å²) in [5, 5.41) is 3.65. The van der Waals surface area contributed by atoms with Crippen LogP contribution in [0.1, 0.15) is 25.0 Å². The first-order valence-corrected chi connectivity index (χ1v) is 8.79. The Hall–Kier alpha value is -2.02. The van der Waals surface area contributed by atoms with Crippen LogP contribution in [0, 0.1) is 0 Å². The molecule has 0 radical (unpaired) electrons. The van der Waals surface area contributed by atoms with Gasteiger partial charge >= 0.3 is 0 Å². The minimum Gasteiger partial charge on any atom is -0.467 e. The third kappa shape index (κ3) is 4.72. The van der Waals surface area contributed by atoms with Gasteiger partial charge in [0.2, 0.25) is 5.91 Å². The number of carbonyl (C=O) groups excluding carboxylic acids is 1. The van der Waals surface area contributed by atoms with Crippen molar-refractivity contribution in [3.63, 3.8) is 0 Å². The van der Waals surface area contributed by atoms with Gasteiger partial charge in [-0.1, -0.05) is 11.8 Å². The molecule has 122 valence electrons. The fraction of sp³-hybridized carbons (Fsp3) is 0.438. The second-order valence-electron chi connectivity index (χ2n) is 5.41. The molecule has 0 aliphatic carbocycles. The molecule has 23 heavy (non-hydrogen) atoms. The maximum Gasteiger partial charge on any atom is 0.230 e. The maximum atomic E-state index is 11.9. The molecule has 0 atom stereocenters. The Labute approximate surface area is 139 Å². The zero-order valence-electron chi connectivity index (χ0n) is 12.9. The largest absolute Gasteiger partial charge is 0.467 e. The maximum absolute atomic E-state index is 11.9. The number of carbonyl (C=O) groups is 1. The molecule has 2 aromatic rings. The highest BCUT2D eigenvalue weighted by Crippen LogP contribution is 2.22. The summed E-state index contributed by atoms with van der Waals surface area (Å²) in [5.74, 6) is 2.00. The normalized spacial score (nSPS) is 14.7. The lowest BCUT2D eigenvalue weighted by Crippen LogP contribution is -2.30. The van der Waals surface area contributed by atoms with Crippen LogP contribution in [-0.4, -0.2) is 34.7 Å². The summed E-state index contributed by atoms with van der Waals surface area (Å²) < 4.78 is 5.18. The fourth-order valence-corrected chi connectivity index (χ4v) is 3.19. The van der Waals surface area contributed by atoms with Crippen LogP contribution in [-0.2, 0) is 11.3 Å². The standard InChI is InChI=1S/C16H20N4O2S/c21-15(17-10-13-5-4-8-22-13)11-23-16-9-14(18-12-19-16)20-6-2-1-3-7-20/h4-5,8-9,12H,1-3,6-7,10-11H2,(H,17,21). The minimum absolute atomic E-state index is 0.0375. The van der Waals surface area contributed by atoms with E-state index in [2.05, 4.69) is 20.2 Å². The molecule has 6 nitrogen and oxygen atoms in total. The van der Waals surface area contributed by atoms with Crippen molar-refractivity contribution in [2.24, 2.45) is 0 Å². The molecule has 0 spiro atoms. The second-order valence-corrected chi connectivity index (χ2v) is 6.40. The highest BCUT2D eigenvalue weighted by atomic mass is 32.2. The van der Waals surface area contributed by atoms with Crippen LogP contribution in [0.4, 0.5) is 5.82 Å². The first-order valence-electron chi connectivity index (χ1n) is 7.80. The van der Waals surface area contributed by atoms with E-state index in [4.69, 9.17) is 4.42 Å². The first kappa shape index (κ1) is 15.9. The Bertz CT molecular complexity index is 627. The van der Waals surface area contributed by atoms with Gasteiger partial charge in [0.05, 0.1) is 18.6 Å². The first-order chi connectivity index (χ1) is 11.3. The molecule has 1 saturated heterocycles. The summed E-state index contributed by atoms with van der Waals surface area (Å²) in [6.45, 7) is 2.50. The number of nitrogens with one attached hydrogen (secondary N) is 1. The van der Waals surface area contributed by atoms with Gasteiger partial charge in [-0.15, -0.1) is 0 Å². The smallest absolute Gasteiger partial charge is 0.230 e. The summed E-state index contributed by atoms with van der Waals surface area (Å²) in [4.78, 5) is 22.7. The predicted molar refractivity (Wildman–Crippen MR) is 89.4 cm³/mol. The average molecular weight is 332 g/mol. The molecule has 1 amide bonds. The van der Waals surface area contributed by atoms with Crippen molar-refractivity contribution < 1.29 is 9.21 Å². The van der Waals surface area contributed by atoms with Gasteiger partial charge in [-0.2, -0.15) is 0 Å². The van der Waals surface area contributed by atoms with Crippen molar-refractivity contribution in [2.75, 3.05) is 23.7 Å². The summed E-state index contributed by atoms with van der Waals surface area (Å²) in [7, 11) is 0. The van der Waals surface area contributed by atoms with Gasteiger partial charge in [0.1, 0.15) is 22.9 Å². The van der Waals surface area contributed by atoms with Gasteiger partial charge in [-0.25, -0.2) is 9.97 Å². The molecule has 3 heterocycles. The van der Waals surface area contributed by atoms with E-state index in [1.807, 2.05) is 12.1 Å². The van der Waals surface area contributed by atoms with Gasteiger partial charge in [0.25, 0.3) is 0 Å². The average Bonchev–Trinajstić information content (AvgIpc) is 3.13. The van der Waals surface area contributed by atoms with E-state index in [1.165, 1.54) is 31.0 Å². The topological polar surface area (TPSA) is 71.3 Å². The van der Waals surface area contributed by atoms with Gasteiger partial charge < -0.3 is 14.6 Å². The van der Waals surface area contributed by atoms with Crippen molar-refractivity contribution in [1.82, 2.24) is 15.3 Å². The molecule has 2 aromatic heterocycles. The van der Waals surface area contributed by atoms with Gasteiger partial charge in [0.15, 0.2) is 0 Å². The van der Waals surface area contributed by atoms with Crippen molar-refractivity contribution in [2.45, 2.75) is 30.8 Å². The second kappa shape index (κ2) is 8.01. The van der Waals surface area contributed by atoms with E-state index >= 15 is 0 Å². The van der Waals surface area contributed by atoms with E-state index < -0.39 is 0 Å². The molecule has 3 rings (SSSR count). The number of nitrogens with zero attached hydrogens (tertiary/aromatic N) is 3. The number of rotatable bonds is 6. The Morgan fingerprint density at radius 1 is 1.30 bits per heavy atom. The third-order valence-electron chi connectivity index (χ3n) is 3.70. The summed E-state index contributed by atoms with van der Waals surface area (Å²) >= 11 is 1.42. The number of piperidine rings is 1. The number of aromatic nitrogens is 2. The molecule has 7 heteroatoms. The quantitative estimate of drug-likeness (QED) is 0.647. The van der Waals surface area contributed by atoms with Crippen LogP contribution in [0.2, 0.25) is 0 Å². The Balaban J connectivity index is 1.48. The zero-order chi connectivity index (χ0) is 15.9. The fourth-order valence-electron chi connectivity index (χ4n) is 2.49. The van der Waals surface area contributed by atoms with Crippen molar-refractivity contribution in [3.05, 3.63) is 36.5 Å². The molecular formula is C16H20N4O2S. The van der Waals surface area contributed by atoms with Gasteiger partial charge in [0, 0.05) is 19.2 Å². The monoisotopic (exact) mass is 332 g/mol. The van der Waals surface area contributed by atoms with Crippen molar-refractivity contribution >= 4 is 23.5 Å². The molecule has 0 unspecified atom stereocenters. The number of thioether (sulfide) groups is 1. The SMILES string of the molecule is O=C(CSc1cc(N2CCCCC2)ncn1)NCc1ccco1. The third-order valence-corrected chi connectivity index (χ3v) is 4.62.